The van der Waals surface area contributed by atoms with Crippen molar-refractivity contribution in [3.63, 3.8) is 0 Å². The third-order valence-electron chi connectivity index (χ3n) is 0. The van der Waals surface area contributed by atoms with E-state index < -0.39 is 0 Å². The number of hydrogen-bond acceptors (Lipinski definition) is 0. The Morgan fingerprint density at radius 2 is 1.00 bits per heavy atom. The summed E-state index contributed by atoms with van der Waals surface area (Å²) >= 11 is 0. The molecule has 0 aromatic rings. The van der Waals surface area contributed by atoms with Gasteiger partial charge in [-0.1, -0.05) is 0 Å². The molecule has 0 spiro atoms. The van der Waals surface area contributed by atoms with Gasteiger partial charge in [-0.05, 0) is 0 Å². The van der Waals surface area contributed by atoms with Crippen LogP contribution >= 0.6 is 0 Å². The maximum atomic E-state index is 0. The molecule has 5 heteroatoms. The molecule has 29 valence electrons. The molecule has 0 nitrogen and oxygen atoms in total. The Bertz CT molecular complexity index is 11.6. The van der Waals surface area contributed by atoms with Crippen LogP contribution in [0.3, 0.4) is 0 Å². The van der Waals surface area contributed by atoms with Gasteiger partial charge in [-0.3, -0.25) is 0 Å². The molecule has 0 aromatic carbocycles. The third-order valence-corrected chi connectivity index (χ3v) is 0. The van der Waals surface area contributed by atoms with Gasteiger partial charge in [0.2, 0.25) is 0 Å². The van der Waals surface area contributed by atoms with E-state index in [1.165, 1.54) is 0 Å². The van der Waals surface area contributed by atoms with Gasteiger partial charge in [-0.2, -0.15) is 0 Å². The maximum absolute atomic E-state index is 0. The standard InChI is InChI=1S/B.Cr.Mo.Ni.Si. The molecule has 0 unspecified atom stereocenters. The van der Waals surface area contributed by atoms with E-state index in [0.29, 0.717) is 0 Å². The van der Waals surface area contributed by atoms with Crippen molar-refractivity contribution >= 4 is 19.4 Å². The smallest absolute Gasteiger partial charge is 0 e. The molecule has 0 fully saturated rings. The zero-order valence-corrected chi connectivity index (χ0v) is 7.48. The normalized spacial score (nSPS) is 0. The van der Waals surface area contributed by atoms with Gasteiger partial charge in [0.25, 0.3) is 0 Å². The molecular weight excluding hydrogens is 246 g/mol. The summed E-state index contributed by atoms with van der Waals surface area (Å²) in [6.45, 7) is 0. The Hall–Kier alpha value is 2.00. The van der Waals surface area contributed by atoms with E-state index in [1.54, 1.807) is 0 Å². The molecule has 0 saturated carbocycles. The average Bonchev–Trinajstić information content (AvgIpc) is 0. The van der Waals surface area contributed by atoms with Gasteiger partial charge >= 0.3 is 0 Å². The molecule has 5 heavy (non-hydrogen) atoms. The van der Waals surface area contributed by atoms with E-state index in [-0.39, 0.29) is 74.3 Å². The Morgan fingerprint density at radius 1 is 1.00 bits per heavy atom. The van der Waals surface area contributed by atoms with Gasteiger partial charge in [0.15, 0.2) is 0 Å². The summed E-state index contributed by atoms with van der Waals surface area (Å²) in [5.41, 5.74) is 0. The average molecular weight is 246 g/mol. The van der Waals surface area contributed by atoms with Crippen molar-refractivity contribution in [3.8, 4) is 0 Å². The zero-order valence-electron chi connectivity index (χ0n) is 2.21. The van der Waals surface area contributed by atoms with Gasteiger partial charge in [-0.15, -0.1) is 0 Å². The first-order valence-electron chi connectivity index (χ1n) is 0. The Kier molecular flexibility index (Phi) is 474. The zero-order chi connectivity index (χ0) is 0. The van der Waals surface area contributed by atoms with Crippen LogP contribution < -0.4 is 0 Å². The van der Waals surface area contributed by atoms with Crippen molar-refractivity contribution in [2.75, 3.05) is 0 Å². The van der Waals surface area contributed by atoms with Crippen molar-refractivity contribution in [1.29, 1.82) is 0 Å². The largest absolute Gasteiger partial charge is 0 e. The molecule has 0 bridgehead atoms. The van der Waals surface area contributed by atoms with E-state index in [0.717, 1.165) is 0 Å². The Morgan fingerprint density at radius 3 is 1.00 bits per heavy atom. The topological polar surface area (TPSA) is 0 Å². The molecule has 0 aromatic heterocycles. The predicted octanol–water partition coefficient (Wildman–Crippen LogP) is -0.769. The molecular formula is BCrMoNiSi. The minimum absolute atomic E-state index is 0. The second-order valence-corrected chi connectivity index (χ2v) is 0. The van der Waals surface area contributed by atoms with Crippen LogP contribution in [0.5, 0.6) is 0 Å². The van der Waals surface area contributed by atoms with Gasteiger partial charge in [0.1, 0.15) is 0 Å². The van der Waals surface area contributed by atoms with Crippen LogP contribution in [0.2, 0.25) is 0 Å². The maximum Gasteiger partial charge on any atom is 0 e. The van der Waals surface area contributed by atoms with Crippen molar-refractivity contribution < 1.29 is 54.9 Å². The molecule has 0 atom stereocenters. The number of rotatable bonds is 0. The van der Waals surface area contributed by atoms with Gasteiger partial charge in [-0.25, -0.2) is 0 Å². The van der Waals surface area contributed by atoms with Crippen molar-refractivity contribution in [3.05, 3.63) is 0 Å². The molecule has 0 N–H and O–H groups in total. The molecule has 0 aliphatic carbocycles. The summed E-state index contributed by atoms with van der Waals surface area (Å²) in [7, 11) is 0. The van der Waals surface area contributed by atoms with Crippen LogP contribution in [0.4, 0.5) is 0 Å². The van der Waals surface area contributed by atoms with Crippen molar-refractivity contribution in [2.45, 2.75) is 0 Å². The first kappa shape index (κ1) is 63.1. The van der Waals surface area contributed by atoms with Crippen LogP contribution in [-0.4, -0.2) is 19.4 Å². The van der Waals surface area contributed by atoms with E-state index in [4.69, 9.17) is 0 Å². The van der Waals surface area contributed by atoms with E-state index in [9.17, 15) is 0 Å². The second-order valence-electron chi connectivity index (χ2n) is 0. The van der Waals surface area contributed by atoms with Gasteiger partial charge < -0.3 is 0 Å². The van der Waals surface area contributed by atoms with Gasteiger partial charge in [0.05, 0.1) is 0 Å². The van der Waals surface area contributed by atoms with E-state index >= 15 is 0 Å². The first-order chi connectivity index (χ1) is 0. The fourth-order valence-corrected chi connectivity index (χ4v) is 0. The molecule has 0 aliphatic heterocycles. The summed E-state index contributed by atoms with van der Waals surface area (Å²) in [6, 6.07) is 0. The van der Waals surface area contributed by atoms with E-state index in [2.05, 4.69) is 0 Å². The van der Waals surface area contributed by atoms with Crippen molar-refractivity contribution in [1.82, 2.24) is 0 Å². The fraction of sp³-hybridized carbons (Fsp3) is 0. The van der Waals surface area contributed by atoms with Crippen LogP contribution in [0.15, 0.2) is 0 Å². The first-order valence-corrected chi connectivity index (χ1v) is 0. The second kappa shape index (κ2) is 37.6. The summed E-state index contributed by atoms with van der Waals surface area (Å²) in [6.07, 6.45) is 0. The summed E-state index contributed by atoms with van der Waals surface area (Å²) in [5, 5.41) is 0. The molecule has 0 amide bonds. The molecule has 0 aliphatic rings. The van der Waals surface area contributed by atoms with Crippen LogP contribution in [0.1, 0.15) is 0 Å². The van der Waals surface area contributed by atoms with E-state index in [1.807, 2.05) is 0 Å². The molecule has 0 saturated heterocycles. The van der Waals surface area contributed by atoms with Crippen molar-refractivity contribution in [2.24, 2.45) is 0 Å². The minimum Gasteiger partial charge on any atom is 0 e. The summed E-state index contributed by atoms with van der Waals surface area (Å²) in [5.74, 6) is 0. The van der Waals surface area contributed by atoms with Crippen LogP contribution in [0, 0.1) is 0 Å². The fourth-order valence-electron chi connectivity index (χ4n) is 0. The minimum atomic E-state index is 0. The monoisotopic (exact) mass is 247 g/mol. The SMILES string of the molecule is [B].[Cr].[Mo].[Ni].[Si]. The third kappa shape index (κ3) is 24.0. The number of hydrogen-bond donors (Lipinski definition) is 0. The van der Waals surface area contributed by atoms with Crippen LogP contribution in [0.25, 0.3) is 0 Å². The predicted molar refractivity (Wildman–Crippen MR) is 11.5 cm³/mol. The molecule has 0 rings (SSSR count). The Labute approximate surface area is 73.8 Å². The Balaban J connectivity index is 0. The summed E-state index contributed by atoms with van der Waals surface area (Å²) in [4.78, 5) is 0. The van der Waals surface area contributed by atoms with Gasteiger partial charge in [0, 0.05) is 74.3 Å². The van der Waals surface area contributed by atoms with Crippen LogP contribution in [-0.2, 0) is 54.9 Å². The quantitative estimate of drug-likeness (QED) is 0.492. The summed E-state index contributed by atoms with van der Waals surface area (Å²) < 4.78 is 0. The molecule has 7 radical (unpaired) electrons. The molecule has 0 heterocycles.